The van der Waals surface area contributed by atoms with Gasteiger partial charge in [0, 0.05) is 23.3 Å². The standard InChI is InChI=1S/C18H12ClF2N5O2.C17H9Cl2F2N5O.CH3O.Na/c1-27-18-15(21)16(19)22-17(23-18)13-8-14(12-6-7-28-25-12)26(24-13)9-10-4-2-3-5-11(10)20;18-15-14(21)16(19)23-17(22-15)12-7-13(11-5-6-27-25-11)26(24-12)8-9-3-1-2-4-10(9)20;1-2;/h2-8H,9H2,1H3;1-7H,8H2;1H3;/q;;-1;+1. The van der Waals surface area contributed by atoms with E-state index in [0.29, 0.717) is 33.9 Å². The molecule has 0 fully saturated rings. The molecule has 14 nitrogen and oxygen atoms in total. The number of nitrogens with zero attached hydrogens (tertiary/aromatic N) is 10. The van der Waals surface area contributed by atoms with E-state index in [1.807, 2.05) is 0 Å². The Morgan fingerprint density at radius 3 is 1.41 bits per heavy atom. The predicted octanol–water partition coefficient (Wildman–Crippen LogP) is 4.59. The van der Waals surface area contributed by atoms with Gasteiger partial charge in [-0.05, 0) is 24.3 Å². The number of ether oxygens (including phenoxy) is 1. The first-order chi connectivity index (χ1) is 27.6. The summed E-state index contributed by atoms with van der Waals surface area (Å²) in [5, 5.41) is 23.6. The van der Waals surface area contributed by atoms with Gasteiger partial charge < -0.3 is 18.9 Å². The normalized spacial score (nSPS) is 10.6. The van der Waals surface area contributed by atoms with Crippen molar-refractivity contribution in [3.8, 4) is 51.7 Å². The van der Waals surface area contributed by atoms with Gasteiger partial charge in [0.15, 0.2) is 32.9 Å². The SMILES string of the molecule is COc1nc(-c2cc(-c3ccon3)n(Cc3ccccc3F)n2)nc(Cl)c1F.C[O-].Fc1ccccc1Cn1nc(-c2nc(Cl)c(F)c(Cl)n2)cc1-c1ccon1.[Na+]. The molecule has 8 aromatic rings. The maximum Gasteiger partial charge on any atom is 1.00 e. The van der Waals surface area contributed by atoms with Crippen molar-refractivity contribution in [3.05, 3.63) is 135 Å². The fourth-order valence-corrected chi connectivity index (χ4v) is 5.68. The van der Waals surface area contributed by atoms with Gasteiger partial charge in [-0.25, -0.2) is 28.1 Å². The van der Waals surface area contributed by atoms with Gasteiger partial charge in [-0.15, -0.1) is 0 Å². The van der Waals surface area contributed by atoms with Crippen LogP contribution in [0, 0.1) is 23.3 Å². The minimum atomic E-state index is -0.912. The Kier molecular flexibility index (Phi) is 15.1. The van der Waals surface area contributed by atoms with Gasteiger partial charge in [0.1, 0.15) is 46.9 Å². The summed E-state index contributed by atoms with van der Waals surface area (Å²) in [6.07, 6.45) is 2.81. The van der Waals surface area contributed by atoms with Crippen LogP contribution in [0.1, 0.15) is 11.1 Å². The van der Waals surface area contributed by atoms with Crippen LogP contribution in [0.3, 0.4) is 0 Å². The minimum Gasteiger partial charge on any atom is -0.857 e. The Morgan fingerprint density at radius 1 is 0.603 bits per heavy atom. The van der Waals surface area contributed by atoms with Gasteiger partial charge in [-0.1, -0.05) is 81.5 Å². The summed E-state index contributed by atoms with van der Waals surface area (Å²) in [7, 11) is 2.02. The largest absolute Gasteiger partial charge is 1.00 e. The van der Waals surface area contributed by atoms with Crippen molar-refractivity contribution < 1.29 is 66.0 Å². The number of halogens is 7. The molecular weight excluding hydrogens is 842 g/mol. The second kappa shape index (κ2) is 20.0. The van der Waals surface area contributed by atoms with Crippen LogP contribution in [0.4, 0.5) is 17.6 Å². The molecule has 0 unspecified atom stereocenters. The second-order valence-corrected chi connectivity index (χ2v) is 12.3. The molecule has 0 aliphatic carbocycles. The Labute approximate surface area is 362 Å². The molecule has 0 amide bonds. The van der Waals surface area contributed by atoms with E-state index in [2.05, 4.69) is 40.4 Å². The molecule has 58 heavy (non-hydrogen) atoms. The number of aromatic nitrogens is 10. The summed E-state index contributed by atoms with van der Waals surface area (Å²) in [5.41, 5.74) is 3.44. The Bertz CT molecular complexity index is 2590. The maximum absolute atomic E-state index is 14.1. The molecule has 0 atom stereocenters. The summed E-state index contributed by atoms with van der Waals surface area (Å²) < 4.78 is 73.3. The van der Waals surface area contributed by atoms with Crippen LogP contribution in [0.15, 0.2) is 94.4 Å². The minimum absolute atomic E-state index is 0. The van der Waals surface area contributed by atoms with Gasteiger partial charge in [-0.2, -0.15) is 26.7 Å². The Morgan fingerprint density at radius 2 is 1.02 bits per heavy atom. The number of rotatable bonds is 9. The topological polar surface area (TPSA) is 172 Å². The van der Waals surface area contributed by atoms with Gasteiger partial charge in [-0.3, -0.25) is 9.36 Å². The fraction of sp³-hybridized carbons (Fsp3) is 0.111. The van der Waals surface area contributed by atoms with Crippen molar-refractivity contribution >= 4 is 34.8 Å². The molecule has 22 heteroatoms. The first-order valence-electron chi connectivity index (χ1n) is 16.1. The average molecular weight is 866 g/mol. The quantitative estimate of drug-likeness (QED) is 0.113. The first-order valence-corrected chi connectivity index (χ1v) is 17.2. The molecule has 0 aliphatic rings. The molecule has 8 rings (SSSR count). The number of benzene rings is 2. The molecular formula is C36H24Cl3F4N10NaO4. The molecule has 0 saturated heterocycles. The maximum atomic E-state index is 14.1. The molecule has 0 bridgehead atoms. The van der Waals surface area contributed by atoms with Gasteiger partial charge in [0.05, 0.1) is 31.6 Å². The van der Waals surface area contributed by atoms with E-state index in [9.17, 15) is 17.6 Å². The van der Waals surface area contributed by atoms with Crippen molar-refractivity contribution in [1.29, 1.82) is 0 Å². The van der Waals surface area contributed by atoms with E-state index in [1.54, 1.807) is 60.7 Å². The molecule has 0 saturated carbocycles. The van der Waals surface area contributed by atoms with E-state index < -0.39 is 27.1 Å². The first kappa shape index (κ1) is 43.9. The predicted molar refractivity (Wildman–Crippen MR) is 196 cm³/mol. The average Bonchev–Trinajstić information content (AvgIpc) is 4.06. The summed E-state index contributed by atoms with van der Waals surface area (Å²) >= 11 is 17.3. The third-order valence-electron chi connectivity index (χ3n) is 7.72. The smallest absolute Gasteiger partial charge is 0.857 e. The van der Waals surface area contributed by atoms with Gasteiger partial charge in [0.25, 0.3) is 5.88 Å². The van der Waals surface area contributed by atoms with Crippen LogP contribution >= 0.6 is 34.8 Å². The van der Waals surface area contributed by atoms with Crippen LogP contribution in [-0.4, -0.2) is 64.0 Å². The van der Waals surface area contributed by atoms with Crippen molar-refractivity contribution in [2.45, 2.75) is 13.1 Å². The molecule has 6 aromatic heterocycles. The number of hydrogen-bond donors (Lipinski definition) is 0. The summed E-state index contributed by atoms with van der Waals surface area (Å²) in [4.78, 5) is 15.6. The van der Waals surface area contributed by atoms with Crippen molar-refractivity contribution in [2.24, 2.45) is 0 Å². The van der Waals surface area contributed by atoms with E-state index in [4.69, 9.17) is 53.7 Å². The van der Waals surface area contributed by atoms with Gasteiger partial charge >= 0.3 is 29.6 Å². The molecule has 2 aromatic carbocycles. The zero-order valence-electron chi connectivity index (χ0n) is 30.2. The molecule has 0 N–H and O–H groups in total. The Hall–Kier alpha value is -5.21. The van der Waals surface area contributed by atoms with Crippen molar-refractivity contribution in [1.82, 2.24) is 49.8 Å². The fourth-order valence-electron chi connectivity index (χ4n) is 5.13. The Balaban J connectivity index is 0.000000209. The molecule has 0 aliphatic heterocycles. The van der Waals surface area contributed by atoms with E-state index >= 15 is 0 Å². The number of hydrogen-bond acceptors (Lipinski definition) is 12. The molecule has 0 radical (unpaired) electrons. The summed E-state index contributed by atoms with van der Waals surface area (Å²) in [6.45, 7) is 0.248. The number of methoxy groups -OCH3 is 1. The molecule has 6 heterocycles. The van der Waals surface area contributed by atoms with Crippen LogP contribution in [0.5, 0.6) is 5.88 Å². The summed E-state index contributed by atoms with van der Waals surface area (Å²) in [5.74, 6) is -2.73. The summed E-state index contributed by atoms with van der Waals surface area (Å²) in [6, 6.07) is 19.2. The van der Waals surface area contributed by atoms with E-state index in [0.717, 1.165) is 7.11 Å². The molecule has 292 valence electrons. The van der Waals surface area contributed by atoms with Crippen molar-refractivity contribution in [3.63, 3.8) is 0 Å². The van der Waals surface area contributed by atoms with E-state index in [1.165, 1.54) is 41.1 Å². The second-order valence-electron chi connectivity index (χ2n) is 11.2. The third kappa shape index (κ3) is 9.90. The molecule has 0 spiro atoms. The van der Waals surface area contributed by atoms with Gasteiger partial charge in [0.2, 0.25) is 5.82 Å². The zero-order chi connectivity index (χ0) is 40.6. The van der Waals surface area contributed by atoms with Crippen molar-refractivity contribution in [2.75, 3.05) is 14.2 Å². The third-order valence-corrected chi connectivity index (χ3v) is 8.47. The zero-order valence-corrected chi connectivity index (χ0v) is 34.5. The monoisotopic (exact) mass is 864 g/mol. The van der Waals surface area contributed by atoms with Crippen LogP contribution < -0.4 is 39.4 Å². The van der Waals surface area contributed by atoms with Crippen LogP contribution in [-0.2, 0) is 13.1 Å². The van der Waals surface area contributed by atoms with E-state index in [-0.39, 0.29) is 83.2 Å². The van der Waals surface area contributed by atoms with Crippen LogP contribution in [0.25, 0.3) is 45.8 Å². The van der Waals surface area contributed by atoms with Crippen LogP contribution in [0.2, 0.25) is 15.5 Å².